The first-order chi connectivity index (χ1) is 4.66. The van der Waals surface area contributed by atoms with E-state index in [1.54, 1.807) is 0 Å². The Bertz CT molecular complexity index is 155. The molecule has 0 aromatic rings. The Morgan fingerprint density at radius 1 is 1.40 bits per heavy atom. The second kappa shape index (κ2) is 5.04. The predicted molar refractivity (Wildman–Crippen MR) is 48.0 cm³/mol. The van der Waals surface area contributed by atoms with E-state index in [0.29, 0.717) is 0 Å². The van der Waals surface area contributed by atoms with Gasteiger partial charge in [0.05, 0.1) is 0 Å². The van der Waals surface area contributed by atoms with Crippen LogP contribution in [0.15, 0.2) is 36.0 Å². The molecule has 0 aliphatic heterocycles. The van der Waals surface area contributed by atoms with E-state index >= 15 is 0 Å². The Balaban J connectivity index is 3.71. The van der Waals surface area contributed by atoms with Crippen LogP contribution in [0.4, 0.5) is 0 Å². The molecule has 0 bridgehead atoms. The zero-order valence-electron chi connectivity index (χ0n) is 7.15. The van der Waals surface area contributed by atoms with Crippen molar-refractivity contribution in [3.8, 4) is 0 Å². The fourth-order valence-corrected chi connectivity index (χ4v) is 0.639. The number of hydrogen-bond acceptors (Lipinski definition) is 0. The van der Waals surface area contributed by atoms with Crippen molar-refractivity contribution in [2.45, 2.75) is 27.2 Å². The summed E-state index contributed by atoms with van der Waals surface area (Å²) in [6, 6.07) is 0. The number of allylic oxidation sites excluding steroid dienone is 5. The molecule has 0 heterocycles. The van der Waals surface area contributed by atoms with Crippen LogP contribution in [-0.4, -0.2) is 0 Å². The number of rotatable bonds is 3. The van der Waals surface area contributed by atoms with Gasteiger partial charge in [0.2, 0.25) is 0 Å². The van der Waals surface area contributed by atoms with Gasteiger partial charge in [-0.3, -0.25) is 0 Å². The van der Waals surface area contributed by atoms with Crippen molar-refractivity contribution in [3.63, 3.8) is 0 Å². The van der Waals surface area contributed by atoms with Crippen molar-refractivity contribution >= 4 is 0 Å². The van der Waals surface area contributed by atoms with E-state index in [0.717, 1.165) is 6.42 Å². The highest BCUT2D eigenvalue weighted by Gasteiger charge is 1.82. The summed E-state index contributed by atoms with van der Waals surface area (Å²) in [4.78, 5) is 0. The molecule has 0 saturated carbocycles. The van der Waals surface area contributed by atoms with Crippen LogP contribution in [0.1, 0.15) is 27.2 Å². The molecule has 0 aromatic heterocycles. The van der Waals surface area contributed by atoms with Crippen LogP contribution >= 0.6 is 0 Å². The first-order valence-corrected chi connectivity index (χ1v) is 3.60. The molecule has 0 heteroatoms. The highest BCUT2D eigenvalue weighted by atomic mass is 13.9. The third-order valence-corrected chi connectivity index (χ3v) is 1.17. The van der Waals surface area contributed by atoms with E-state index in [1.807, 2.05) is 19.1 Å². The lowest BCUT2D eigenvalue weighted by Gasteiger charge is -1.92. The highest BCUT2D eigenvalue weighted by molar-refractivity contribution is 5.18. The smallest absolute Gasteiger partial charge is 0.0101 e. The molecule has 0 N–H and O–H groups in total. The van der Waals surface area contributed by atoms with Gasteiger partial charge >= 0.3 is 0 Å². The standard InChI is InChI=1S/C10H16/c1-5-6-10(4)8-7-9(2)3/h5-7H,4,8H2,1-3H3/b6-5-. The fraction of sp³-hybridized carbons (Fsp3) is 0.400. The van der Waals surface area contributed by atoms with Gasteiger partial charge < -0.3 is 0 Å². The average molecular weight is 136 g/mol. The third-order valence-electron chi connectivity index (χ3n) is 1.17. The molecule has 0 aliphatic carbocycles. The Hall–Kier alpha value is -0.780. The molecule has 0 radical (unpaired) electrons. The topological polar surface area (TPSA) is 0 Å². The SMILES string of the molecule is C=C(/C=C\C)CC=C(C)C. The Kier molecular flexibility index (Phi) is 4.65. The molecule has 0 atom stereocenters. The summed E-state index contributed by atoms with van der Waals surface area (Å²) >= 11 is 0. The minimum atomic E-state index is 0.979. The highest BCUT2D eigenvalue weighted by Crippen LogP contribution is 2.03. The van der Waals surface area contributed by atoms with Gasteiger partial charge in [-0.05, 0) is 27.2 Å². The molecule has 0 amide bonds. The molecular formula is C10H16. The normalized spacial score (nSPS) is 9.90. The quantitative estimate of drug-likeness (QED) is 0.411. The van der Waals surface area contributed by atoms with Crippen LogP contribution in [0, 0.1) is 0 Å². The first kappa shape index (κ1) is 9.22. The van der Waals surface area contributed by atoms with Crippen molar-refractivity contribution in [2.24, 2.45) is 0 Å². The largest absolute Gasteiger partial charge is 0.0955 e. The molecule has 0 nitrogen and oxygen atoms in total. The monoisotopic (exact) mass is 136 g/mol. The minimum absolute atomic E-state index is 0.979. The van der Waals surface area contributed by atoms with Crippen molar-refractivity contribution in [1.29, 1.82) is 0 Å². The zero-order chi connectivity index (χ0) is 7.98. The van der Waals surface area contributed by atoms with Crippen LogP contribution in [0.3, 0.4) is 0 Å². The van der Waals surface area contributed by atoms with Crippen molar-refractivity contribution in [3.05, 3.63) is 36.0 Å². The van der Waals surface area contributed by atoms with Crippen molar-refractivity contribution < 1.29 is 0 Å². The van der Waals surface area contributed by atoms with Gasteiger partial charge in [0.1, 0.15) is 0 Å². The number of hydrogen-bond donors (Lipinski definition) is 0. The van der Waals surface area contributed by atoms with Gasteiger partial charge in [0.15, 0.2) is 0 Å². The maximum atomic E-state index is 3.88. The van der Waals surface area contributed by atoms with Gasteiger partial charge in [-0.25, -0.2) is 0 Å². The molecule has 0 fully saturated rings. The Labute approximate surface area is 64.0 Å². The minimum Gasteiger partial charge on any atom is -0.0955 e. The van der Waals surface area contributed by atoms with E-state index in [9.17, 15) is 0 Å². The maximum absolute atomic E-state index is 3.88. The molecular weight excluding hydrogens is 120 g/mol. The van der Waals surface area contributed by atoms with E-state index in [2.05, 4.69) is 26.5 Å². The van der Waals surface area contributed by atoms with E-state index in [1.165, 1.54) is 11.1 Å². The molecule has 0 saturated heterocycles. The van der Waals surface area contributed by atoms with Gasteiger partial charge in [0.25, 0.3) is 0 Å². The summed E-state index contributed by atoms with van der Waals surface area (Å²) in [5.41, 5.74) is 2.52. The lowest BCUT2D eigenvalue weighted by Crippen LogP contribution is -1.72. The van der Waals surface area contributed by atoms with Gasteiger partial charge in [-0.2, -0.15) is 0 Å². The molecule has 0 spiro atoms. The van der Waals surface area contributed by atoms with E-state index in [-0.39, 0.29) is 0 Å². The van der Waals surface area contributed by atoms with E-state index in [4.69, 9.17) is 0 Å². The van der Waals surface area contributed by atoms with Gasteiger partial charge in [-0.15, -0.1) is 0 Å². The lowest BCUT2D eigenvalue weighted by molar-refractivity contribution is 1.23. The van der Waals surface area contributed by atoms with Crippen LogP contribution in [0.2, 0.25) is 0 Å². The summed E-state index contributed by atoms with van der Waals surface area (Å²) in [7, 11) is 0. The fourth-order valence-electron chi connectivity index (χ4n) is 0.639. The predicted octanol–water partition coefficient (Wildman–Crippen LogP) is 3.48. The molecule has 0 aromatic carbocycles. The Morgan fingerprint density at radius 2 is 2.00 bits per heavy atom. The molecule has 0 unspecified atom stereocenters. The van der Waals surface area contributed by atoms with Crippen LogP contribution in [-0.2, 0) is 0 Å². The second-order valence-electron chi connectivity index (χ2n) is 2.64. The average Bonchev–Trinajstić information content (AvgIpc) is 1.85. The summed E-state index contributed by atoms with van der Waals surface area (Å²) in [6.07, 6.45) is 7.22. The molecule has 56 valence electrons. The van der Waals surface area contributed by atoms with E-state index < -0.39 is 0 Å². The summed E-state index contributed by atoms with van der Waals surface area (Å²) in [5.74, 6) is 0. The third kappa shape index (κ3) is 5.36. The van der Waals surface area contributed by atoms with Crippen LogP contribution < -0.4 is 0 Å². The van der Waals surface area contributed by atoms with Crippen molar-refractivity contribution in [2.75, 3.05) is 0 Å². The molecule has 0 aliphatic rings. The summed E-state index contributed by atoms with van der Waals surface area (Å²) < 4.78 is 0. The first-order valence-electron chi connectivity index (χ1n) is 3.60. The second-order valence-corrected chi connectivity index (χ2v) is 2.64. The van der Waals surface area contributed by atoms with Crippen molar-refractivity contribution in [1.82, 2.24) is 0 Å². The maximum Gasteiger partial charge on any atom is -0.0101 e. The summed E-state index contributed by atoms with van der Waals surface area (Å²) in [5, 5.41) is 0. The van der Waals surface area contributed by atoms with Gasteiger partial charge in [0, 0.05) is 0 Å². The lowest BCUT2D eigenvalue weighted by atomic mass is 10.1. The zero-order valence-corrected chi connectivity index (χ0v) is 7.15. The summed E-state index contributed by atoms with van der Waals surface area (Å²) in [6.45, 7) is 10.1. The van der Waals surface area contributed by atoms with Gasteiger partial charge in [-0.1, -0.05) is 36.0 Å². The Morgan fingerprint density at radius 3 is 2.40 bits per heavy atom. The van der Waals surface area contributed by atoms with Crippen LogP contribution in [0.25, 0.3) is 0 Å². The molecule has 10 heavy (non-hydrogen) atoms. The molecule has 0 rings (SSSR count). The van der Waals surface area contributed by atoms with Crippen LogP contribution in [0.5, 0.6) is 0 Å².